The molecule has 1 heterocycles. The quantitative estimate of drug-likeness (QED) is 0.708. The maximum absolute atomic E-state index is 5.87. The van der Waals surface area contributed by atoms with Crippen LogP contribution < -0.4 is 11.1 Å². The van der Waals surface area contributed by atoms with Crippen molar-refractivity contribution in [3.8, 4) is 0 Å². The molecule has 2 fully saturated rings. The Bertz CT molecular complexity index is 184. The molecule has 14 heavy (non-hydrogen) atoms. The van der Waals surface area contributed by atoms with E-state index in [0.29, 0.717) is 17.5 Å². The largest absolute Gasteiger partial charge is 0.380 e. The van der Waals surface area contributed by atoms with Crippen molar-refractivity contribution in [1.82, 2.24) is 5.32 Å². The first-order chi connectivity index (χ1) is 6.68. The van der Waals surface area contributed by atoms with Crippen LogP contribution in [-0.2, 0) is 4.74 Å². The summed E-state index contributed by atoms with van der Waals surface area (Å²) in [5.41, 5.74) is 6.27. The van der Waals surface area contributed by atoms with Crippen LogP contribution in [0.3, 0.4) is 0 Å². The molecule has 1 aliphatic carbocycles. The van der Waals surface area contributed by atoms with E-state index in [1.165, 1.54) is 25.7 Å². The van der Waals surface area contributed by atoms with Crippen molar-refractivity contribution in [2.45, 2.75) is 44.7 Å². The summed E-state index contributed by atoms with van der Waals surface area (Å²) in [4.78, 5) is 0. The SMILES string of the molecule is CC1(CNC2CCC(N)CC2)COC1. The Morgan fingerprint density at radius 3 is 2.43 bits per heavy atom. The van der Waals surface area contributed by atoms with Crippen LogP contribution in [0.1, 0.15) is 32.6 Å². The van der Waals surface area contributed by atoms with Gasteiger partial charge in [-0.2, -0.15) is 0 Å². The number of nitrogens with two attached hydrogens (primary N) is 1. The second-order valence-electron chi connectivity index (χ2n) is 5.30. The summed E-state index contributed by atoms with van der Waals surface area (Å²) in [6.45, 7) is 5.24. The number of ether oxygens (including phenoxy) is 1. The Morgan fingerprint density at radius 2 is 1.93 bits per heavy atom. The molecule has 3 nitrogen and oxygen atoms in total. The monoisotopic (exact) mass is 198 g/mol. The first-order valence-electron chi connectivity index (χ1n) is 5.75. The molecule has 0 radical (unpaired) electrons. The Kier molecular flexibility index (Phi) is 3.10. The second-order valence-corrected chi connectivity index (χ2v) is 5.30. The second kappa shape index (κ2) is 4.17. The molecular weight excluding hydrogens is 176 g/mol. The Balaban J connectivity index is 1.65. The Morgan fingerprint density at radius 1 is 1.29 bits per heavy atom. The fourth-order valence-corrected chi connectivity index (χ4v) is 2.27. The standard InChI is InChI=1S/C11H22N2O/c1-11(7-14-8-11)6-13-10-4-2-9(12)3-5-10/h9-10,13H,2-8,12H2,1H3. The summed E-state index contributed by atoms with van der Waals surface area (Å²) in [5.74, 6) is 0. The molecule has 0 amide bonds. The predicted molar refractivity (Wildman–Crippen MR) is 57.2 cm³/mol. The smallest absolute Gasteiger partial charge is 0.0554 e. The molecule has 1 saturated heterocycles. The fourth-order valence-electron chi connectivity index (χ4n) is 2.27. The van der Waals surface area contributed by atoms with Crippen LogP contribution in [0, 0.1) is 5.41 Å². The summed E-state index contributed by atoms with van der Waals surface area (Å²) in [6, 6.07) is 1.16. The van der Waals surface area contributed by atoms with Gasteiger partial charge >= 0.3 is 0 Å². The Labute approximate surface area is 86.4 Å². The van der Waals surface area contributed by atoms with E-state index in [2.05, 4.69) is 12.2 Å². The summed E-state index contributed by atoms with van der Waals surface area (Å²) in [5, 5.41) is 3.65. The number of nitrogens with one attached hydrogen (secondary N) is 1. The van der Waals surface area contributed by atoms with Gasteiger partial charge < -0.3 is 15.8 Å². The van der Waals surface area contributed by atoms with Crippen molar-refractivity contribution < 1.29 is 4.74 Å². The van der Waals surface area contributed by atoms with Gasteiger partial charge in [0.25, 0.3) is 0 Å². The lowest BCUT2D eigenvalue weighted by molar-refractivity contribution is -0.100. The lowest BCUT2D eigenvalue weighted by atomic mass is 9.86. The van der Waals surface area contributed by atoms with Crippen molar-refractivity contribution in [2.75, 3.05) is 19.8 Å². The van der Waals surface area contributed by atoms with E-state index in [9.17, 15) is 0 Å². The average molecular weight is 198 g/mol. The van der Waals surface area contributed by atoms with Crippen LogP contribution in [0.5, 0.6) is 0 Å². The first kappa shape index (κ1) is 10.4. The van der Waals surface area contributed by atoms with Crippen molar-refractivity contribution >= 4 is 0 Å². The Hall–Kier alpha value is -0.120. The molecule has 3 heteroatoms. The third-order valence-electron chi connectivity index (χ3n) is 3.49. The van der Waals surface area contributed by atoms with E-state index in [-0.39, 0.29) is 0 Å². The van der Waals surface area contributed by atoms with E-state index in [4.69, 9.17) is 10.5 Å². The average Bonchev–Trinajstić information content (AvgIpc) is 2.14. The summed E-state index contributed by atoms with van der Waals surface area (Å²) < 4.78 is 5.23. The third kappa shape index (κ3) is 2.47. The van der Waals surface area contributed by atoms with Crippen LogP contribution in [0.25, 0.3) is 0 Å². The molecule has 0 unspecified atom stereocenters. The van der Waals surface area contributed by atoms with Crippen molar-refractivity contribution in [3.63, 3.8) is 0 Å². The van der Waals surface area contributed by atoms with Gasteiger partial charge in [0.2, 0.25) is 0 Å². The van der Waals surface area contributed by atoms with Gasteiger partial charge in [0, 0.05) is 24.0 Å². The maximum Gasteiger partial charge on any atom is 0.0554 e. The lowest BCUT2D eigenvalue weighted by Gasteiger charge is -2.40. The van der Waals surface area contributed by atoms with Crippen LogP contribution >= 0.6 is 0 Å². The van der Waals surface area contributed by atoms with Gasteiger partial charge in [-0.05, 0) is 25.7 Å². The van der Waals surface area contributed by atoms with E-state index in [1.54, 1.807) is 0 Å². The van der Waals surface area contributed by atoms with Gasteiger partial charge in [0.05, 0.1) is 13.2 Å². The number of hydrogen-bond acceptors (Lipinski definition) is 3. The molecule has 0 aromatic carbocycles. The molecule has 0 bridgehead atoms. The molecular formula is C11H22N2O. The minimum Gasteiger partial charge on any atom is -0.380 e. The molecule has 0 aromatic heterocycles. The zero-order chi connectivity index (χ0) is 10.0. The maximum atomic E-state index is 5.87. The first-order valence-corrected chi connectivity index (χ1v) is 5.75. The minimum absolute atomic E-state index is 0.402. The van der Waals surface area contributed by atoms with Gasteiger partial charge in [0.1, 0.15) is 0 Å². The van der Waals surface area contributed by atoms with E-state index >= 15 is 0 Å². The highest BCUT2D eigenvalue weighted by atomic mass is 16.5. The van der Waals surface area contributed by atoms with Crippen molar-refractivity contribution in [2.24, 2.45) is 11.1 Å². The number of rotatable bonds is 3. The van der Waals surface area contributed by atoms with Gasteiger partial charge in [-0.25, -0.2) is 0 Å². The van der Waals surface area contributed by atoms with Gasteiger partial charge in [0.15, 0.2) is 0 Å². The lowest BCUT2D eigenvalue weighted by Crippen LogP contribution is -2.50. The van der Waals surface area contributed by atoms with Crippen molar-refractivity contribution in [1.29, 1.82) is 0 Å². The molecule has 0 spiro atoms. The van der Waals surface area contributed by atoms with E-state index < -0.39 is 0 Å². The van der Waals surface area contributed by atoms with Gasteiger partial charge in [-0.1, -0.05) is 6.92 Å². The van der Waals surface area contributed by atoms with E-state index in [0.717, 1.165) is 19.8 Å². The fraction of sp³-hybridized carbons (Fsp3) is 1.00. The van der Waals surface area contributed by atoms with Crippen molar-refractivity contribution in [3.05, 3.63) is 0 Å². The summed E-state index contributed by atoms with van der Waals surface area (Å²) in [7, 11) is 0. The summed E-state index contributed by atoms with van der Waals surface area (Å²) >= 11 is 0. The highest BCUT2D eigenvalue weighted by Crippen LogP contribution is 2.26. The van der Waals surface area contributed by atoms with Crippen LogP contribution in [0.2, 0.25) is 0 Å². The minimum atomic E-state index is 0.402. The molecule has 0 aromatic rings. The molecule has 82 valence electrons. The predicted octanol–water partition coefficient (Wildman–Crippen LogP) is 0.882. The third-order valence-corrected chi connectivity index (χ3v) is 3.49. The molecule has 2 rings (SSSR count). The highest BCUT2D eigenvalue weighted by molar-refractivity contribution is 4.86. The zero-order valence-electron chi connectivity index (χ0n) is 9.09. The topological polar surface area (TPSA) is 47.3 Å². The van der Waals surface area contributed by atoms with Crippen LogP contribution in [0.4, 0.5) is 0 Å². The normalized spacial score (nSPS) is 36.4. The molecule has 1 aliphatic heterocycles. The molecule has 1 saturated carbocycles. The van der Waals surface area contributed by atoms with E-state index in [1.807, 2.05) is 0 Å². The molecule has 3 N–H and O–H groups in total. The number of hydrogen-bond donors (Lipinski definition) is 2. The van der Waals surface area contributed by atoms with Crippen LogP contribution in [0.15, 0.2) is 0 Å². The molecule has 2 aliphatic rings. The zero-order valence-corrected chi connectivity index (χ0v) is 9.09. The van der Waals surface area contributed by atoms with Gasteiger partial charge in [-0.15, -0.1) is 0 Å². The molecule has 0 atom stereocenters. The summed E-state index contributed by atoms with van der Waals surface area (Å²) in [6.07, 6.45) is 4.87. The van der Waals surface area contributed by atoms with Gasteiger partial charge in [-0.3, -0.25) is 0 Å². The highest BCUT2D eigenvalue weighted by Gasteiger charge is 2.33. The van der Waals surface area contributed by atoms with Crippen LogP contribution in [-0.4, -0.2) is 31.8 Å².